The van der Waals surface area contributed by atoms with Crippen LogP contribution in [-0.4, -0.2) is 4.98 Å². The molecule has 0 bridgehead atoms. The Hall–Kier alpha value is -0.970. The second-order valence-electron chi connectivity index (χ2n) is 3.69. The first kappa shape index (κ1) is 12.5. The zero-order valence-electron chi connectivity index (χ0n) is 9.66. The lowest BCUT2D eigenvalue weighted by molar-refractivity contribution is 0.431. The van der Waals surface area contributed by atoms with Crippen LogP contribution in [0.1, 0.15) is 17.0 Å². The Bertz CT molecular complexity index is 520. The average Bonchev–Trinajstić information content (AvgIpc) is 2.61. The number of halogens is 1. The van der Waals surface area contributed by atoms with Crippen molar-refractivity contribution in [3.05, 3.63) is 40.2 Å². The Morgan fingerprint density at radius 3 is 2.71 bits per heavy atom. The van der Waals surface area contributed by atoms with Crippen molar-refractivity contribution in [3.8, 4) is 0 Å². The molecule has 0 aliphatic carbocycles. The molecule has 1 aromatic carbocycles. The highest BCUT2D eigenvalue weighted by molar-refractivity contribution is 7.99. The van der Waals surface area contributed by atoms with E-state index in [4.69, 9.17) is 21.8 Å². The number of hydrogen-bond acceptors (Lipinski definition) is 4. The number of benzene rings is 1. The van der Waals surface area contributed by atoms with Crippen molar-refractivity contribution in [3.63, 3.8) is 0 Å². The number of hydrogen-bond donors (Lipinski definition) is 1. The highest BCUT2D eigenvalue weighted by Crippen LogP contribution is 2.33. The van der Waals surface area contributed by atoms with Crippen LogP contribution in [0, 0.1) is 13.8 Å². The summed E-state index contributed by atoms with van der Waals surface area (Å²) in [6.07, 6.45) is 0. The molecule has 0 saturated heterocycles. The highest BCUT2D eigenvalue weighted by Gasteiger charge is 2.10. The minimum Gasteiger partial charge on any atom is -0.436 e. The monoisotopic (exact) mass is 268 g/mol. The van der Waals surface area contributed by atoms with Crippen molar-refractivity contribution in [1.29, 1.82) is 0 Å². The van der Waals surface area contributed by atoms with E-state index < -0.39 is 0 Å². The molecule has 2 aromatic rings. The lowest BCUT2D eigenvalue weighted by Crippen LogP contribution is -1.95. The van der Waals surface area contributed by atoms with Gasteiger partial charge in [0.1, 0.15) is 5.76 Å². The molecular formula is C12H13ClN2OS. The predicted octanol–water partition coefficient (Wildman–Crippen LogP) is 3.55. The first-order valence-electron chi connectivity index (χ1n) is 5.20. The van der Waals surface area contributed by atoms with Crippen LogP contribution in [0.2, 0.25) is 5.02 Å². The van der Waals surface area contributed by atoms with Gasteiger partial charge in [-0.3, -0.25) is 0 Å². The van der Waals surface area contributed by atoms with Gasteiger partial charge in [0, 0.05) is 11.4 Å². The summed E-state index contributed by atoms with van der Waals surface area (Å²) < 4.78 is 5.50. The van der Waals surface area contributed by atoms with Gasteiger partial charge in [0.25, 0.3) is 5.22 Å². The van der Waals surface area contributed by atoms with E-state index in [1.165, 1.54) is 11.8 Å². The van der Waals surface area contributed by atoms with Gasteiger partial charge in [-0.1, -0.05) is 17.7 Å². The van der Waals surface area contributed by atoms with Gasteiger partial charge in [-0.25, -0.2) is 4.98 Å². The molecule has 1 aromatic heterocycles. The number of nitrogens with zero attached hydrogens (tertiary/aromatic N) is 1. The fourth-order valence-corrected chi connectivity index (χ4v) is 2.48. The molecule has 0 amide bonds. The SMILES string of the molecule is Cc1nc(Sc2ccc(CN)cc2Cl)oc1C. The fourth-order valence-electron chi connectivity index (χ4n) is 1.34. The highest BCUT2D eigenvalue weighted by atomic mass is 35.5. The van der Waals surface area contributed by atoms with Gasteiger partial charge in [0.05, 0.1) is 10.7 Å². The van der Waals surface area contributed by atoms with Crippen molar-refractivity contribution in [1.82, 2.24) is 4.98 Å². The molecule has 1 heterocycles. The maximum Gasteiger partial charge on any atom is 0.261 e. The molecule has 0 spiro atoms. The zero-order valence-corrected chi connectivity index (χ0v) is 11.2. The fraction of sp³-hybridized carbons (Fsp3) is 0.250. The van der Waals surface area contributed by atoms with E-state index in [9.17, 15) is 0 Å². The van der Waals surface area contributed by atoms with Gasteiger partial charge >= 0.3 is 0 Å². The van der Waals surface area contributed by atoms with Gasteiger partial charge in [0.2, 0.25) is 0 Å². The molecule has 0 saturated carbocycles. The van der Waals surface area contributed by atoms with E-state index in [1.54, 1.807) is 0 Å². The Balaban J connectivity index is 2.24. The number of oxazole rings is 1. The molecule has 17 heavy (non-hydrogen) atoms. The number of aromatic nitrogens is 1. The molecule has 0 aliphatic rings. The van der Waals surface area contributed by atoms with Gasteiger partial charge in [-0.2, -0.15) is 0 Å². The van der Waals surface area contributed by atoms with Crippen molar-refractivity contribution in [2.45, 2.75) is 30.5 Å². The third-order valence-corrected chi connectivity index (χ3v) is 3.79. The van der Waals surface area contributed by atoms with Gasteiger partial charge < -0.3 is 10.2 Å². The lowest BCUT2D eigenvalue weighted by atomic mass is 10.2. The molecule has 0 unspecified atom stereocenters. The van der Waals surface area contributed by atoms with Crippen LogP contribution in [0.4, 0.5) is 0 Å². The number of nitrogens with two attached hydrogens (primary N) is 1. The molecule has 0 fully saturated rings. The minimum atomic E-state index is 0.488. The van der Waals surface area contributed by atoms with E-state index in [1.807, 2.05) is 32.0 Å². The van der Waals surface area contributed by atoms with Gasteiger partial charge in [-0.15, -0.1) is 0 Å². The average molecular weight is 269 g/mol. The van der Waals surface area contributed by atoms with Crippen LogP contribution >= 0.6 is 23.4 Å². The topological polar surface area (TPSA) is 52.0 Å². The Morgan fingerprint density at radius 2 is 2.18 bits per heavy atom. The molecule has 90 valence electrons. The van der Waals surface area contributed by atoms with Crippen LogP contribution in [0.5, 0.6) is 0 Å². The summed E-state index contributed by atoms with van der Waals surface area (Å²) in [5.41, 5.74) is 7.47. The Labute approximate surface area is 109 Å². The lowest BCUT2D eigenvalue weighted by Gasteiger charge is -2.03. The smallest absolute Gasteiger partial charge is 0.261 e. The summed E-state index contributed by atoms with van der Waals surface area (Å²) in [4.78, 5) is 5.22. The molecule has 0 radical (unpaired) electrons. The maximum absolute atomic E-state index is 6.16. The Kier molecular flexibility index (Phi) is 3.76. The van der Waals surface area contributed by atoms with Gasteiger partial charge in [-0.05, 0) is 43.3 Å². The Morgan fingerprint density at radius 1 is 1.41 bits per heavy atom. The van der Waals surface area contributed by atoms with Crippen LogP contribution < -0.4 is 5.73 Å². The summed E-state index contributed by atoms with van der Waals surface area (Å²) in [6.45, 7) is 4.30. The second kappa shape index (κ2) is 5.12. The molecule has 5 heteroatoms. The van der Waals surface area contributed by atoms with E-state index in [-0.39, 0.29) is 0 Å². The van der Waals surface area contributed by atoms with Crippen LogP contribution in [0.25, 0.3) is 0 Å². The standard InChI is InChI=1S/C12H13ClN2OS/c1-7-8(2)16-12(15-7)17-11-4-3-9(6-14)5-10(11)13/h3-5H,6,14H2,1-2H3. The third-order valence-electron chi connectivity index (χ3n) is 2.44. The summed E-state index contributed by atoms with van der Waals surface area (Å²) in [6, 6.07) is 5.76. The molecule has 0 aliphatic heterocycles. The van der Waals surface area contributed by atoms with Crippen molar-refractivity contribution in [2.24, 2.45) is 5.73 Å². The van der Waals surface area contributed by atoms with Crippen molar-refractivity contribution in [2.75, 3.05) is 0 Å². The minimum absolute atomic E-state index is 0.488. The summed E-state index contributed by atoms with van der Waals surface area (Å²) in [5.74, 6) is 0.835. The first-order valence-corrected chi connectivity index (χ1v) is 6.40. The zero-order chi connectivity index (χ0) is 12.4. The summed E-state index contributed by atoms with van der Waals surface area (Å²) in [5, 5.41) is 1.29. The van der Waals surface area contributed by atoms with Crippen molar-refractivity contribution < 1.29 is 4.42 Å². The van der Waals surface area contributed by atoms with Crippen molar-refractivity contribution >= 4 is 23.4 Å². The summed E-state index contributed by atoms with van der Waals surface area (Å²) >= 11 is 7.58. The number of rotatable bonds is 3. The summed E-state index contributed by atoms with van der Waals surface area (Å²) in [7, 11) is 0. The maximum atomic E-state index is 6.16. The molecular weight excluding hydrogens is 256 g/mol. The van der Waals surface area contributed by atoms with Gasteiger partial charge in [0.15, 0.2) is 0 Å². The van der Waals surface area contributed by atoms with E-state index >= 15 is 0 Å². The molecule has 2 rings (SSSR count). The largest absolute Gasteiger partial charge is 0.436 e. The van der Waals surface area contributed by atoms with E-state index in [2.05, 4.69) is 4.98 Å². The first-order chi connectivity index (χ1) is 8.10. The molecule has 2 N–H and O–H groups in total. The predicted molar refractivity (Wildman–Crippen MR) is 69.4 cm³/mol. The number of aryl methyl sites for hydroxylation is 2. The normalized spacial score (nSPS) is 10.8. The van der Waals surface area contributed by atoms with Crippen LogP contribution in [0.3, 0.4) is 0 Å². The molecule has 3 nitrogen and oxygen atoms in total. The van der Waals surface area contributed by atoms with Crippen LogP contribution in [-0.2, 0) is 6.54 Å². The quantitative estimate of drug-likeness (QED) is 0.925. The van der Waals surface area contributed by atoms with E-state index in [0.717, 1.165) is 21.9 Å². The second-order valence-corrected chi connectivity index (χ2v) is 5.09. The van der Waals surface area contributed by atoms with Crippen LogP contribution in [0.15, 0.2) is 32.7 Å². The third kappa shape index (κ3) is 2.83. The van der Waals surface area contributed by atoms with E-state index in [0.29, 0.717) is 16.8 Å². The molecule has 0 atom stereocenters.